The number of rotatable bonds is 9. The quantitative estimate of drug-likeness (QED) is 0.572. The van der Waals surface area contributed by atoms with E-state index in [9.17, 15) is 13.2 Å². The van der Waals surface area contributed by atoms with Crippen molar-refractivity contribution in [1.82, 2.24) is 10.0 Å². The van der Waals surface area contributed by atoms with Gasteiger partial charge in [-0.25, -0.2) is 13.1 Å². The molecule has 1 aromatic rings. The molecule has 7 nitrogen and oxygen atoms in total. The number of nitrogens with one attached hydrogen (secondary N) is 3. The zero-order valence-electron chi connectivity index (χ0n) is 13.1. The summed E-state index contributed by atoms with van der Waals surface area (Å²) in [5.41, 5.74) is 1.30. The summed E-state index contributed by atoms with van der Waals surface area (Å²) in [6, 6.07) is 4.63. The maximum atomic E-state index is 12.2. The summed E-state index contributed by atoms with van der Waals surface area (Å²) in [6.45, 7) is 5.20. The minimum absolute atomic E-state index is 0.124. The van der Waals surface area contributed by atoms with Gasteiger partial charge in [0.2, 0.25) is 15.9 Å². The SMILES string of the molecule is COCCNCCNS(=O)(=O)c1ccc(C)c(NC(C)=O)c1. The van der Waals surface area contributed by atoms with Gasteiger partial charge < -0.3 is 15.4 Å². The second-order valence-electron chi connectivity index (χ2n) is 4.80. The highest BCUT2D eigenvalue weighted by atomic mass is 32.2. The molecule has 0 atom stereocenters. The molecule has 0 spiro atoms. The van der Waals surface area contributed by atoms with Crippen molar-refractivity contribution in [3.05, 3.63) is 23.8 Å². The average molecular weight is 329 g/mol. The van der Waals surface area contributed by atoms with Crippen LogP contribution in [0.3, 0.4) is 0 Å². The lowest BCUT2D eigenvalue weighted by molar-refractivity contribution is -0.114. The molecule has 0 aromatic heterocycles. The van der Waals surface area contributed by atoms with E-state index in [1.54, 1.807) is 20.1 Å². The molecule has 3 N–H and O–H groups in total. The Morgan fingerprint density at radius 1 is 1.23 bits per heavy atom. The molecule has 0 heterocycles. The number of sulfonamides is 1. The van der Waals surface area contributed by atoms with Crippen molar-refractivity contribution >= 4 is 21.6 Å². The molecule has 1 amide bonds. The Morgan fingerprint density at radius 2 is 1.95 bits per heavy atom. The van der Waals surface area contributed by atoms with E-state index in [0.717, 1.165) is 5.56 Å². The highest BCUT2D eigenvalue weighted by molar-refractivity contribution is 7.89. The van der Waals surface area contributed by atoms with E-state index in [2.05, 4.69) is 15.4 Å². The number of methoxy groups -OCH3 is 1. The highest BCUT2D eigenvalue weighted by Crippen LogP contribution is 2.20. The first-order chi connectivity index (χ1) is 10.4. The highest BCUT2D eigenvalue weighted by Gasteiger charge is 2.15. The van der Waals surface area contributed by atoms with Crippen molar-refractivity contribution in [1.29, 1.82) is 0 Å². The first kappa shape index (κ1) is 18.6. The Balaban J connectivity index is 2.66. The van der Waals surface area contributed by atoms with Crippen LogP contribution < -0.4 is 15.4 Å². The molecule has 0 aliphatic rings. The van der Waals surface area contributed by atoms with Crippen LogP contribution in [0, 0.1) is 6.92 Å². The van der Waals surface area contributed by atoms with Gasteiger partial charge in [0.05, 0.1) is 11.5 Å². The third-order valence-corrected chi connectivity index (χ3v) is 4.37. The van der Waals surface area contributed by atoms with Gasteiger partial charge in [0.1, 0.15) is 0 Å². The topological polar surface area (TPSA) is 96.5 Å². The monoisotopic (exact) mass is 329 g/mol. The lowest BCUT2D eigenvalue weighted by atomic mass is 10.2. The van der Waals surface area contributed by atoms with Crippen molar-refractivity contribution in [2.75, 3.05) is 38.7 Å². The Morgan fingerprint density at radius 3 is 2.59 bits per heavy atom. The molecule has 0 saturated carbocycles. The predicted molar refractivity (Wildman–Crippen MR) is 85.4 cm³/mol. The van der Waals surface area contributed by atoms with Crippen molar-refractivity contribution in [3.8, 4) is 0 Å². The molecular formula is C14H23N3O4S. The van der Waals surface area contributed by atoms with E-state index in [1.807, 2.05) is 0 Å². The number of ether oxygens (including phenoxy) is 1. The number of hydrogen-bond donors (Lipinski definition) is 3. The summed E-state index contributed by atoms with van der Waals surface area (Å²) in [6.07, 6.45) is 0. The summed E-state index contributed by atoms with van der Waals surface area (Å²) in [4.78, 5) is 11.3. The van der Waals surface area contributed by atoms with Crippen LogP contribution in [0.5, 0.6) is 0 Å². The van der Waals surface area contributed by atoms with E-state index in [1.165, 1.54) is 19.1 Å². The van der Waals surface area contributed by atoms with E-state index < -0.39 is 10.0 Å². The Bertz CT molecular complexity index is 602. The molecule has 0 unspecified atom stereocenters. The largest absolute Gasteiger partial charge is 0.383 e. The number of aryl methyl sites for hydroxylation is 1. The van der Waals surface area contributed by atoms with E-state index in [0.29, 0.717) is 25.4 Å². The summed E-state index contributed by atoms with van der Waals surface area (Å²) >= 11 is 0. The Hall–Kier alpha value is -1.48. The van der Waals surface area contributed by atoms with Crippen molar-refractivity contribution in [3.63, 3.8) is 0 Å². The fraction of sp³-hybridized carbons (Fsp3) is 0.500. The molecule has 124 valence electrons. The summed E-state index contributed by atoms with van der Waals surface area (Å²) in [7, 11) is -2.00. The first-order valence-electron chi connectivity index (χ1n) is 6.94. The fourth-order valence-corrected chi connectivity index (χ4v) is 2.81. The van der Waals surface area contributed by atoms with Gasteiger partial charge >= 0.3 is 0 Å². The third-order valence-electron chi connectivity index (χ3n) is 2.91. The normalized spacial score (nSPS) is 11.4. The standard InChI is InChI=1S/C14H23N3O4S/c1-11-4-5-13(10-14(11)17-12(2)18)22(19,20)16-7-6-15-8-9-21-3/h4-5,10,15-16H,6-9H2,1-3H3,(H,17,18). The summed E-state index contributed by atoms with van der Waals surface area (Å²) < 4.78 is 31.8. The molecule has 0 saturated heterocycles. The smallest absolute Gasteiger partial charge is 0.240 e. The van der Waals surface area contributed by atoms with Crippen LogP contribution in [-0.4, -0.2) is 47.7 Å². The third kappa shape index (κ3) is 6.10. The molecule has 1 aromatic carbocycles. The van der Waals surface area contributed by atoms with E-state index >= 15 is 0 Å². The second kappa shape index (κ2) is 8.84. The molecule has 0 aliphatic heterocycles. The van der Waals surface area contributed by atoms with Crippen LogP contribution in [0.2, 0.25) is 0 Å². The van der Waals surface area contributed by atoms with Crippen molar-refractivity contribution < 1.29 is 17.9 Å². The molecule has 1 rings (SSSR count). The number of amides is 1. The van der Waals surface area contributed by atoms with E-state index in [-0.39, 0.29) is 17.3 Å². The molecule has 0 bridgehead atoms. The van der Waals surface area contributed by atoms with Crippen LogP contribution in [0.25, 0.3) is 0 Å². The van der Waals surface area contributed by atoms with Crippen molar-refractivity contribution in [2.24, 2.45) is 0 Å². The van der Waals surface area contributed by atoms with Crippen LogP contribution in [0.4, 0.5) is 5.69 Å². The maximum Gasteiger partial charge on any atom is 0.240 e. The van der Waals surface area contributed by atoms with Gasteiger partial charge in [-0.2, -0.15) is 0 Å². The van der Waals surface area contributed by atoms with Crippen LogP contribution >= 0.6 is 0 Å². The minimum Gasteiger partial charge on any atom is -0.383 e. The van der Waals surface area contributed by atoms with Crippen LogP contribution in [0.15, 0.2) is 23.1 Å². The molecule has 22 heavy (non-hydrogen) atoms. The van der Waals surface area contributed by atoms with Gasteiger partial charge in [-0.1, -0.05) is 6.07 Å². The molecule has 0 aliphatic carbocycles. The minimum atomic E-state index is -3.60. The van der Waals surface area contributed by atoms with Gasteiger partial charge in [0.15, 0.2) is 0 Å². The van der Waals surface area contributed by atoms with Gasteiger partial charge in [0.25, 0.3) is 0 Å². The van der Waals surface area contributed by atoms with Gasteiger partial charge in [-0.15, -0.1) is 0 Å². The molecule has 8 heteroatoms. The maximum absolute atomic E-state index is 12.2. The average Bonchev–Trinajstić information content (AvgIpc) is 2.44. The lowest BCUT2D eigenvalue weighted by Crippen LogP contribution is -2.33. The number of carbonyl (C=O) groups excluding carboxylic acids is 1. The summed E-state index contributed by atoms with van der Waals surface area (Å²) in [5.74, 6) is -0.243. The zero-order chi connectivity index (χ0) is 16.6. The Labute approximate surface area is 131 Å². The van der Waals surface area contributed by atoms with Gasteiger partial charge in [-0.3, -0.25) is 4.79 Å². The predicted octanol–water partition coefficient (Wildman–Crippen LogP) is 0.468. The van der Waals surface area contributed by atoms with Gasteiger partial charge in [-0.05, 0) is 24.6 Å². The fourth-order valence-electron chi connectivity index (χ4n) is 1.75. The van der Waals surface area contributed by atoms with E-state index in [4.69, 9.17) is 4.74 Å². The van der Waals surface area contributed by atoms with Crippen LogP contribution in [-0.2, 0) is 19.6 Å². The lowest BCUT2D eigenvalue weighted by Gasteiger charge is -2.11. The van der Waals surface area contributed by atoms with Gasteiger partial charge in [0, 0.05) is 39.4 Å². The zero-order valence-corrected chi connectivity index (χ0v) is 13.9. The first-order valence-corrected chi connectivity index (χ1v) is 8.42. The molecule has 0 fully saturated rings. The molecular weight excluding hydrogens is 306 g/mol. The molecule has 0 radical (unpaired) electrons. The number of anilines is 1. The van der Waals surface area contributed by atoms with Crippen LogP contribution in [0.1, 0.15) is 12.5 Å². The second-order valence-corrected chi connectivity index (χ2v) is 6.57. The number of hydrogen-bond acceptors (Lipinski definition) is 5. The Kier molecular flexibility index (Phi) is 7.46. The summed E-state index contributed by atoms with van der Waals surface area (Å²) in [5, 5.41) is 5.67. The number of benzene rings is 1. The van der Waals surface area contributed by atoms with Crippen molar-refractivity contribution in [2.45, 2.75) is 18.7 Å². The number of carbonyl (C=O) groups is 1.